The largest absolute Gasteiger partial charge is 0.343 e. The van der Waals surface area contributed by atoms with E-state index in [-0.39, 0.29) is 5.91 Å². The molecular weight excluding hydrogens is 250 g/mol. The van der Waals surface area contributed by atoms with Crippen LogP contribution in [0.25, 0.3) is 0 Å². The second-order valence-corrected chi connectivity index (χ2v) is 4.19. The molecule has 4 heteroatoms. The molecule has 116 valence electrons. The van der Waals surface area contributed by atoms with Gasteiger partial charge in [-0.1, -0.05) is 20.3 Å². The summed E-state index contributed by atoms with van der Waals surface area (Å²) in [6, 6.07) is 0.585. The highest BCUT2D eigenvalue weighted by Gasteiger charge is 2.20. The quantitative estimate of drug-likeness (QED) is 0.770. The van der Waals surface area contributed by atoms with Gasteiger partial charge in [0, 0.05) is 32.1 Å². The molecule has 4 nitrogen and oxygen atoms in total. The zero-order chi connectivity index (χ0) is 16.4. The number of hydrogen-bond donors (Lipinski definition) is 2. The lowest BCUT2D eigenvalue weighted by Crippen LogP contribution is -2.44. The van der Waals surface area contributed by atoms with Gasteiger partial charge in [-0.3, -0.25) is 4.79 Å². The van der Waals surface area contributed by atoms with Crippen LogP contribution in [0.2, 0.25) is 0 Å². The van der Waals surface area contributed by atoms with Crippen LogP contribution in [0.15, 0.2) is 0 Å². The number of piperidine rings is 1. The molecule has 0 saturated carbocycles. The number of carbonyl (C=O) groups excluding carboxylic acids is 1. The second-order valence-electron chi connectivity index (χ2n) is 4.19. The first-order valence-corrected chi connectivity index (χ1v) is 7.01. The normalized spacial score (nSPS) is 13.5. The Morgan fingerprint density at radius 3 is 1.90 bits per heavy atom. The van der Waals surface area contributed by atoms with Crippen LogP contribution in [0.1, 0.15) is 39.5 Å². The summed E-state index contributed by atoms with van der Waals surface area (Å²) in [6.07, 6.45) is 19.9. The fourth-order valence-electron chi connectivity index (χ4n) is 1.70. The van der Waals surface area contributed by atoms with E-state index in [1.165, 1.54) is 6.42 Å². The number of nitrogens with zero attached hydrogens (tertiary/aromatic N) is 1. The van der Waals surface area contributed by atoms with Crippen LogP contribution >= 0.6 is 0 Å². The first kappa shape index (κ1) is 23.6. The van der Waals surface area contributed by atoms with Gasteiger partial charge in [-0.25, -0.2) is 0 Å². The van der Waals surface area contributed by atoms with E-state index >= 15 is 0 Å². The minimum atomic E-state index is 0.206. The molecule has 0 aromatic carbocycles. The number of nitrogens with two attached hydrogens (primary N) is 1. The summed E-state index contributed by atoms with van der Waals surface area (Å²) >= 11 is 0. The molecule has 1 fully saturated rings. The smallest absolute Gasteiger partial charge is 0.223 e. The Morgan fingerprint density at radius 1 is 1.20 bits per heavy atom. The molecule has 0 spiro atoms. The minimum Gasteiger partial charge on any atom is -0.343 e. The van der Waals surface area contributed by atoms with Gasteiger partial charge in [-0.15, -0.1) is 25.7 Å². The number of nitrogens with one attached hydrogen (secondary N) is 1. The van der Waals surface area contributed by atoms with Crippen molar-refractivity contribution in [2.45, 2.75) is 45.6 Å². The molecule has 1 aliphatic heterocycles. The molecule has 0 aliphatic carbocycles. The van der Waals surface area contributed by atoms with Gasteiger partial charge >= 0.3 is 0 Å². The van der Waals surface area contributed by atoms with Gasteiger partial charge in [0.15, 0.2) is 0 Å². The molecule has 0 atom stereocenters. The monoisotopic (exact) mass is 281 g/mol. The average molecular weight is 281 g/mol. The number of hydrogen-bond acceptors (Lipinski definition) is 3. The van der Waals surface area contributed by atoms with Crippen molar-refractivity contribution in [2.75, 3.05) is 26.7 Å². The Labute approximate surface area is 125 Å². The lowest BCUT2D eigenvalue weighted by atomic mass is 10.1. The fourth-order valence-corrected chi connectivity index (χ4v) is 1.70. The molecule has 1 rings (SSSR count). The molecule has 0 unspecified atom stereocenters. The van der Waals surface area contributed by atoms with Crippen LogP contribution in [0.5, 0.6) is 0 Å². The summed E-state index contributed by atoms with van der Waals surface area (Å²) in [6.45, 7) is 6.47. The predicted molar refractivity (Wildman–Crippen MR) is 88.1 cm³/mol. The minimum absolute atomic E-state index is 0.206. The molecular formula is C16H31N3O. The van der Waals surface area contributed by atoms with E-state index < -0.39 is 0 Å². The Morgan fingerprint density at radius 2 is 1.60 bits per heavy atom. The molecule has 1 heterocycles. The SMILES string of the molecule is C#C.C#C.CCC.CNC1CCN(C(=O)CCN)CC1. The van der Waals surface area contributed by atoms with E-state index in [4.69, 9.17) is 5.73 Å². The van der Waals surface area contributed by atoms with Crippen molar-refractivity contribution in [2.24, 2.45) is 5.73 Å². The summed E-state index contributed by atoms with van der Waals surface area (Å²) in [5.74, 6) is 0.206. The van der Waals surface area contributed by atoms with Crippen molar-refractivity contribution in [3.8, 4) is 25.7 Å². The van der Waals surface area contributed by atoms with Gasteiger partial charge in [0.05, 0.1) is 0 Å². The Balaban J connectivity index is -0.000000355. The van der Waals surface area contributed by atoms with E-state index in [2.05, 4.69) is 44.9 Å². The third kappa shape index (κ3) is 13.0. The molecule has 1 saturated heterocycles. The number of rotatable bonds is 3. The van der Waals surface area contributed by atoms with Crippen molar-refractivity contribution in [3.05, 3.63) is 0 Å². The lowest BCUT2D eigenvalue weighted by molar-refractivity contribution is -0.132. The average Bonchev–Trinajstić information content (AvgIpc) is 2.52. The fraction of sp³-hybridized carbons (Fsp3) is 0.688. The van der Waals surface area contributed by atoms with Gasteiger partial charge in [-0.05, 0) is 19.9 Å². The van der Waals surface area contributed by atoms with Crippen LogP contribution < -0.4 is 11.1 Å². The van der Waals surface area contributed by atoms with Crippen LogP contribution in [0.4, 0.5) is 0 Å². The number of terminal acetylenes is 2. The molecule has 20 heavy (non-hydrogen) atoms. The van der Waals surface area contributed by atoms with Crippen molar-refractivity contribution in [1.29, 1.82) is 0 Å². The molecule has 1 aliphatic rings. The van der Waals surface area contributed by atoms with Gasteiger partial charge in [-0.2, -0.15) is 0 Å². The van der Waals surface area contributed by atoms with E-state index in [1.54, 1.807) is 0 Å². The van der Waals surface area contributed by atoms with Gasteiger partial charge in [0.2, 0.25) is 5.91 Å². The molecule has 0 radical (unpaired) electrons. The maximum Gasteiger partial charge on any atom is 0.223 e. The summed E-state index contributed by atoms with van der Waals surface area (Å²) in [4.78, 5) is 13.3. The molecule has 3 N–H and O–H groups in total. The third-order valence-electron chi connectivity index (χ3n) is 2.61. The second kappa shape index (κ2) is 19.8. The van der Waals surface area contributed by atoms with Crippen molar-refractivity contribution in [3.63, 3.8) is 0 Å². The van der Waals surface area contributed by atoms with Crippen LogP contribution in [0, 0.1) is 25.7 Å². The van der Waals surface area contributed by atoms with Crippen LogP contribution in [0.3, 0.4) is 0 Å². The van der Waals surface area contributed by atoms with E-state index in [1.807, 2.05) is 11.9 Å². The van der Waals surface area contributed by atoms with Gasteiger partial charge in [0.1, 0.15) is 0 Å². The first-order chi connectivity index (χ1) is 9.69. The van der Waals surface area contributed by atoms with Crippen LogP contribution in [-0.2, 0) is 4.79 Å². The maximum absolute atomic E-state index is 11.4. The Bertz CT molecular complexity index is 235. The summed E-state index contributed by atoms with van der Waals surface area (Å²) < 4.78 is 0. The Hall–Kier alpha value is -1.49. The number of amides is 1. The highest BCUT2D eigenvalue weighted by Crippen LogP contribution is 2.10. The lowest BCUT2D eigenvalue weighted by Gasteiger charge is -2.31. The number of likely N-dealkylation sites (tertiary alicyclic amines) is 1. The van der Waals surface area contributed by atoms with Crippen LogP contribution in [-0.4, -0.2) is 43.5 Å². The van der Waals surface area contributed by atoms with Gasteiger partial charge < -0.3 is 16.0 Å². The topological polar surface area (TPSA) is 58.4 Å². The van der Waals surface area contributed by atoms with E-state index in [9.17, 15) is 4.79 Å². The maximum atomic E-state index is 11.4. The summed E-state index contributed by atoms with van der Waals surface area (Å²) in [5, 5.41) is 3.23. The zero-order valence-corrected chi connectivity index (χ0v) is 13.3. The molecule has 0 bridgehead atoms. The Kier molecular flexibility index (Phi) is 23.4. The first-order valence-electron chi connectivity index (χ1n) is 7.01. The highest BCUT2D eigenvalue weighted by molar-refractivity contribution is 5.76. The molecule has 1 amide bonds. The van der Waals surface area contributed by atoms with E-state index in [0.29, 0.717) is 19.0 Å². The predicted octanol–water partition coefficient (Wildman–Crippen LogP) is 1.46. The summed E-state index contributed by atoms with van der Waals surface area (Å²) in [7, 11) is 1.97. The van der Waals surface area contributed by atoms with Gasteiger partial charge in [0.25, 0.3) is 0 Å². The van der Waals surface area contributed by atoms with E-state index in [0.717, 1.165) is 25.9 Å². The zero-order valence-electron chi connectivity index (χ0n) is 13.3. The van der Waals surface area contributed by atoms with Crippen molar-refractivity contribution in [1.82, 2.24) is 10.2 Å². The summed E-state index contributed by atoms with van der Waals surface area (Å²) in [5.41, 5.74) is 5.33. The number of carbonyl (C=O) groups is 1. The third-order valence-corrected chi connectivity index (χ3v) is 2.61. The van der Waals surface area contributed by atoms with Crippen molar-refractivity contribution >= 4 is 5.91 Å². The highest BCUT2D eigenvalue weighted by atomic mass is 16.2. The standard InChI is InChI=1S/C9H19N3O.C3H8.2C2H2/c1-11-8-3-6-12(7-4-8)9(13)2-5-10;1-3-2;2*1-2/h8,11H,2-7,10H2,1H3;3H2,1-2H3;2*1-2H. The molecule has 0 aromatic rings. The van der Waals surface area contributed by atoms with Crippen molar-refractivity contribution < 1.29 is 4.79 Å². The molecule has 0 aromatic heterocycles.